The summed E-state index contributed by atoms with van der Waals surface area (Å²) in [6.07, 6.45) is 1.34. The molecule has 2 nitrogen and oxygen atoms in total. The fourth-order valence-electron chi connectivity index (χ4n) is 1.92. The molecule has 3 heteroatoms. The van der Waals surface area contributed by atoms with Crippen molar-refractivity contribution in [2.75, 3.05) is 6.54 Å². The second-order valence-corrected chi connectivity index (χ2v) is 4.68. The molecule has 0 N–H and O–H groups in total. The molecule has 1 saturated heterocycles. The number of nitrogens with zero attached hydrogens (tertiary/aromatic N) is 2. The fourth-order valence-corrected chi connectivity index (χ4v) is 2.47. The molecule has 0 spiro atoms. The minimum absolute atomic E-state index is 0.724. The van der Waals surface area contributed by atoms with Gasteiger partial charge in [-0.05, 0) is 25.8 Å². The largest absolute Gasteiger partial charge is 0.295 e. The van der Waals surface area contributed by atoms with Crippen LogP contribution in [0.5, 0.6) is 0 Å². The quantitative estimate of drug-likeness (QED) is 0.722. The average molecular weight is 196 g/mol. The minimum atomic E-state index is 0.724. The maximum absolute atomic E-state index is 4.32. The van der Waals surface area contributed by atoms with Crippen LogP contribution >= 0.6 is 11.3 Å². The third-order valence-electron chi connectivity index (χ3n) is 3.12. The Balaban J connectivity index is 1.96. The highest BCUT2D eigenvalue weighted by Crippen LogP contribution is 2.24. The van der Waals surface area contributed by atoms with Crippen molar-refractivity contribution in [3.63, 3.8) is 0 Å². The van der Waals surface area contributed by atoms with E-state index in [1.54, 1.807) is 11.3 Å². The Bertz CT molecular complexity index is 258. The molecule has 13 heavy (non-hydrogen) atoms. The van der Waals surface area contributed by atoms with Crippen LogP contribution in [-0.4, -0.2) is 22.5 Å². The molecule has 72 valence electrons. The summed E-state index contributed by atoms with van der Waals surface area (Å²) < 4.78 is 0. The van der Waals surface area contributed by atoms with E-state index in [1.165, 1.54) is 18.7 Å². The lowest BCUT2D eigenvalue weighted by atomic mass is 10.1. The number of likely N-dealkylation sites (tertiary alicyclic amines) is 1. The van der Waals surface area contributed by atoms with Crippen LogP contribution in [0.2, 0.25) is 0 Å². The number of hydrogen-bond acceptors (Lipinski definition) is 3. The molecular weight excluding hydrogens is 180 g/mol. The zero-order valence-electron chi connectivity index (χ0n) is 8.23. The molecule has 0 aliphatic carbocycles. The van der Waals surface area contributed by atoms with Gasteiger partial charge in [0.25, 0.3) is 0 Å². The van der Waals surface area contributed by atoms with Gasteiger partial charge in [0.2, 0.25) is 0 Å². The van der Waals surface area contributed by atoms with Crippen LogP contribution in [0.15, 0.2) is 10.9 Å². The first-order chi connectivity index (χ1) is 6.27. The molecule has 1 aromatic rings. The minimum Gasteiger partial charge on any atom is -0.295 e. The van der Waals surface area contributed by atoms with Gasteiger partial charge in [0.1, 0.15) is 0 Å². The van der Waals surface area contributed by atoms with Gasteiger partial charge in [0.05, 0.1) is 11.2 Å². The molecule has 2 rings (SSSR count). The normalized spacial score (nSPS) is 29.7. The molecule has 1 aromatic heterocycles. The van der Waals surface area contributed by atoms with E-state index in [-0.39, 0.29) is 0 Å². The first kappa shape index (κ1) is 9.16. The van der Waals surface area contributed by atoms with Crippen molar-refractivity contribution < 1.29 is 0 Å². The Morgan fingerprint density at radius 1 is 1.62 bits per heavy atom. The van der Waals surface area contributed by atoms with Gasteiger partial charge >= 0.3 is 0 Å². The van der Waals surface area contributed by atoms with Gasteiger partial charge in [-0.1, -0.05) is 6.92 Å². The fraction of sp³-hybridized carbons (Fsp3) is 0.700. The molecular formula is C10H16N2S. The summed E-state index contributed by atoms with van der Waals surface area (Å²) in [5, 5.41) is 2.15. The third kappa shape index (κ3) is 1.92. The molecule has 2 heterocycles. The average Bonchev–Trinajstić information content (AvgIpc) is 2.71. The van der Waals surface area contributed by atoms with E-state index in [4.69, 9.17) is 0 Å². The van der Waals surface area contributed by atoms with Gasteiger partial charge in [-0.3, -0.25) is 4.90 Å². The molecule has 1 aliphatic heterocycles. The van der Waals surface area contributed by atoms with Crippen LogP contribution in [0.3, 0.4) is 0 Å². The van der Waals surface area contributed by atoms with Gasteiger partial charge in [0, 0.05) is 18.0 Å². The topological polar surface area (TPSA) is 16.1 Å². The smallest absolute Gasteiger partial charge is 0.0795 e. The maximum Gasteiger partial charge on any atom is 0.0795 e. The van der Waals surface area contributed by atoms with Gasteiger partial charge < -0.3 is 0 Å². The lowest BCUT2D eigenvalue weighted by Crippen LogP contribution is -2.28. The Labute approximate surface area is 83.6 Å². The summed E-state index contributed by atoms with van der Waals surface area (Å²) in [4.78, 5) is 6.84. The van der Waals surface area contributed by atoms with Crippen LogP contribution in [0.1, 0.15) is 26.0 Å². The standard InChI is InChI=1S/C10H16N2S/c1-8-3-4-12(9(8)2)5-10-6-13-7-11-10/h6-9H,3-5H2,1-2H3. The summed E-state index contributed by atoms with van der Waals surface area (Å²) in [6.45, 7) is 6.94. The molecule has 0 bridgehead atoms. The van der Waals surface area contributed by atoms with Gasteiger partial charge in [-0.25, -0.2) is 4.98 Å². The number of aromatic nitrogens is 1. The van der Waals surface area contributed by atoms with E-state index in [0.717, 1.165) is 18.5 Å². The van der Waals surface area contributed by atoms with E-state index in [2.05, 4.69) is 29.1 Å². The van der Waals surface area contributed by atoms with Crippen LogP contribution in [-0.2, 0) is 6.54 Å². The molecule has 0 radical (unpaired) electrons. The van der Waals surface area contributed by atoms with Crippen LogP contribution < -0.4 is 0 Å². The van der Waals surface area contributed by atoms with Crippen molar-refractivity contribution in [3.8, 4) is 0 Å². The molecule has 0 aromatic carbocycles. The predicted octanol–water partition coefficient (Wildman–Crippen LogP) is 2.37. The molecule has 0 amide bonds. The highest BCUT2D eigenvalue weighted by molar-refractivity contribution is 7.07. The van der Waals surface area contributed by atoms with E-state index in [1.807, 2.05) is 5.51 Å². The van der Waals surface area contributed by atoms with E-state index < -0.39 is 0 Å². The zero-order chi connectivity index (χ0) is 9.26. The maximum atomic E-state index is 4.32. The SMILES string of the molecule is CC1CCN(Cc2cscn2)C1C. The van der Waals surface area contributed by atoms with Crippen molar-refractivity contribution in [2.45, 2.75) is 32.9 Å². The van der Waals surface area contributed by atoms with E-state index in [0.29, 0.717) is 0 Å². The first-order valence-electron chi connectivity index (χ1n) is 4.88. The van der Waals surface area contributed by atoms with Crippen LogP contribution in [0, 0.1) is 5.92 Å². The lowest BCUT2D eigenvalue weighted by Gasteiger charge is -2.21. The Morgan fingerprint density at radius 2 is 2.46 bits per heavy atom. The van der Waals surface area contributed by atoms with Crippen LogP contribution in [0.4, 0.5) is 0 Å². The monoisotopic (exact) mass is 196 g/mol. The number of hydrogen-bond donors (Lipinski definition) is 0. The van der Waals surface area contributed by atoms with Gasteiger partial charge in [-0.2, -0.15) is 0 Å². The van der Waals surface area contributed by atoms with Crippen molar-refractivity contribution in [1.29, 1.82) is 0 Å². The van der Waals surface area contributed by atoms with Crippen molar-refractivity contribution in [3.05, 3.63) is 16.6 Å². The molecule has 2 atom stereocenters. The first-order valence-corrected chi connectivity index (χ1v) is 5.83. The predicted molar refractivity (Wildman–Crippen MR) is 55.8 cm³/mol. The van der Waals surface area contributed by atoms with Gasteiger partial charge in [0.15, 0.2) is 0 Å². The molecule has 1 fully saturated rings. The van der Waals surface area contributed by atoms with Crippen molar-refractivity contribution in [1.82, 2.24) is 9.88 Å². The lowest BCUT2D eigenvalue weighted by molar-refractivity contribution is 0.237. The summed E-state index contributed by atoms with van der Waals surface area (Å²) >= 11 is 1.69. The Morgan fingerprint density at radius 3 is 3.00 bits per heavy atom. The number of rotatable bonds is 2. The highest BCUT2D eigenvalue weighted by Gasteiger charge is 2.27. The van der Waals surface area contributed by atoms with Gasteiger partial charge in [-0.15, -0.1) is 11.3 Å². The Kier molecular flexibility index (Phi) is 2.65. The summed E-state index contributed by atoms with van der Waals surface area (Å²) in [5.74, 6) is 0.846. The second-order valence-electron chi connectivity index (χ2n) is 3.96. The highest BCUT2D eigenvalue weighted by atomic mass is 32.1. The summed E-state index contributed by atoms with van der Waals surface area (Å²) in [6, 6.07) is 0.724. The summed E-state index contributed by atoms with van der Waals surface area (Å²) in [7, 11) is 0. The Hall–Kier alpha value is -0.410. The van der Waals surface area contributed by atoms with Crippen molar-refractivity contribution in [2.24, 2.45) is 5.92 Å². The molecule has 0 saturated carbocycles. The second kappa shape index (κ2) is 3.76. The summed E-state index contributed by atoms with van der Waals surface area (Å²) in [5.41, 5.74) is 3.14. The van der Waals surface area contributed by atoms with Crippen LogP contribution in [0.25, 0.3) is 0 Å². The molecule has 2 unspecified atom stereocenters. The molecule has 1 aliphatic rings. The number of thiazole rings is 1. The van der Waals surface area contributed by atoms with Crippen molar-refractivity contribution >= 4 is 11.3 Å². The van der Waals surface area contributed by atoms with E-state index >= 15 is 0 Å². The van der Waals surface area contributed by atoms with E-state index in [9.17, 15) is 0 Å². The third-order valence-corrected chi connectivity index (χ3v) is 3.75. The zero-order valence-corrected chi connectivity index (χ0v) is 9.05.